The molecular formula is C29H45NO10. The highest BCUT2D eigenvalue weighted by molar-refractivity contribution is 5.76. The molecule has 226 valence electrons. The van der Waals surface area contributed by atoms with Gasteiger partial charge >= 0.3 is 24.2 Å². The van der Waals surface area contributed by atoms with E-state index < -0.39 is 30.4 Å². The van der Waals surface area contributed by atoms with Crippen molar-refractivity contribution in [3.8, 4) is 11.5 Å². The highest BCUT2D eigenvalue weighted by atomic mass is 16.7. The van der Waals surface area contributed by atoms with Crippen LogP contribution in [-0.2, 0) is 35.0 Å². The lowest BCUT2D eigenvalue weighted by molar-refractivity contribution is -0.161. The summed E-state index contributed by atoms with van der Waals surface area (Å²) in [5.41, 5.74) is 6.54. The number of rotatable bonds is 16. The summed E-state index contributed by atoms with van der Waals surface area (Å²) in [7, 11) is 0. The monoisotopic (exact) mass is 567 g/mol. The maximum absolute atomic E-state index is 12.4. The molecule has 1 aromatic rings. The second-order valence-corrected chi connectivity index (χ2v) is 10.5. The van der Waals surface area contributed by atoms with E-state index in [4.69, 9.17) is 34.2 Å². The smallest absolute Gasteiger partial charge is 0.461 e. The van der Waals surface area contributed by atoms with Gasteiger partial charge in [0, 0.05) is 0 Å². The number of hydrogen-bond donors (Lipinski definition) is 1. The van der Waals surface area contributed by atoms with Crippen LogP contribution in [0.15, 0.2) is 18.2 Å². The predicted molar refractivity (Wildman–Crippen MR) is 147 cm³/mol. The zero-order valence-electron chi connectivity index (χ0n) is 24.7. The Balaban J connectivity index is 2.86. The van der Waals surface area contributed by atoms with Gasteiger partial charge in [-0.05, 0) is 62.1 Å². The summed E-state index contributed by atoms with van der Waals surface area (Å²) in [4.78, 5) is 48.8. The molecule has 0 saturated heterocycles. The Morgan fingerprint density at radius 2 is 1.32 bits per heavy atom. The van der Waals surface area contributed by atoms with Gasteiger partial charge in [-0.2, -0.15) is 0 Å². The lowest BCUT2D eigenvalue weighted by Gasteiger charge is -2.18. The Morgan fingerprint density at radius 1 is 0.775 bits per heavy atom. The summed E-state index contributed by atoms with van der Waals surface area (Å²) in [6, 6.07) is 3.34. The molecule has 0 bridgehead atoms. The zero-order chi connectivity index (χ0) is 30.2. The van der Waals surface area contributed by atoms with Crippen LogP contribution in [0.25, 0.3) is 0 Å². The minimum Gasteiger partial charge on any atom is -0.461 e. The molecule has 3 atom stereocenters. The first kappa shape index (κ1) is 34.7. The quantitative estimate of drug-likeness (QED) is 0.159. The maximum atomic E-state index is 12.4. The Hall–Kier alpha value is -3.34. The minimum atomic E-state index is -1.06. The maximum Gasteiger partial charge on any atom is 0.513 e. The second-order valence-electron chi connectivity index (χ2n) is 10.5. The van der Waals surface area contributed by atoms with Crippen molar-refractivity contribution >= 4 is 24.2 Å². The van der Waals surface area contributed by atoms with Crippen molar-refractivity contribution in [1.82, 2.24) is 0 Å². The Kier molecular flexibility index (Phi) is 15.7. The standard InChI is InChI=1S/C29H45NO10/c1-8-20(6)26(31)38-21(7)17-37-27(32)23(30)15-22-9-10-24(39-28(33)35-13-11-18(2)3)25(16-22)40-29(34)36-14-12-19(4)5/h9-10,16,18-21,23H,8,11-15,17,30H2,1-7H3/t20?,21-,23-/m0/s1. The lowest BCUT2D eigenvalue weighted by Crippen LogP contribution is -2.36. The molecule has 0 aliphatic rings. The van der Waals surface area contributed by atoms with Crippen molar-refractivity contribution in [2.45, 2.75) is 86.3 Å². The van der Waals surface area contributed by atoms with Crippen LogP contribution in [0, 0.1) is 17.8 Å². The van der Waals surface area contributed by atoms with Crippen molar-refractivity contribution < 1.29 is 47.6 Å². The molecule has 1 rings (SSSR count). The second kappa shape index (κ2) is 18.1. The fraction of sp³-hybridized carbons (Fsp3) is 0.655. The Bertz CT molecular complexity index is 962. The number of benzene rings is 1. The van der Waals surface area contributed by atoms with Gasteiger partial charge in [-0.3, -0.25) is 9.59 Å². The van der Waals surface area contributed by atoms with E-state index in [1.165, 1.54) is 12.1 Å². The van der Waals surface area contributed by atoms with Gasteiger partial charge in [0.2, 0.25) is 0 Å². The summed E-state index contributed by atoms with van der Waals surface area (Å²) in [6.45, 7) is 13.4. The Labute approximate surface area is 236 Å². The number of carbonyl (C=O) groups is 4. The number of esters is 2. The molecule has 0 saturated carbocycles. The Morgan fingerprint density at radius 3 is 1.85 bits per heavy atom. The van der Waals surface area contributed by atoms with Crippen molar-refractivity contribution in [3.05, 3.63) is 23.8 Å². The van der Waals surface area contributed by atoms with E-state index in [1.807, 2.05) is 34.6 Å². The average molecular weight is 568 g/mol. The minimum absolute atomic E-state index is 0.0255. The van der Waals surface area contributed by atoms with Gasteiger partial charge in [0.1, 0.15) is 18.8 Å². The first-order valence-electron chi connectivity index (χ1n) is 13.8. The molecule has 11 heteroatoms. The van der Waals surface area contributed by atoms with Crippen LogP contribution in [-0.4, -0.2) is 56.2 Å². The first-order chi connectivity index (χ1) is 18.8. The largest absolute Gasteiger partial charge is 0.513 e. The highest BCUT2D eigenvalue weighted by Gasteiger charge is 2.22. The zero-order valence-corrected chi connectivity index (χ0v) is 24.7. The van der Waals surface area contributed by atoms with Gasteiger partial charge in [0.05, 0.1) is 19.1 Å². The lowest BCUT2D eigenvalue weighted by atomic mass is 10.1. The van der Waals surface area contributed by atoms with E-state index in [0.717, 1.165) is 0 Å². The van der Waals surface area contributed by atoms with Gasteiger partial charge in [-0.15, -0.1) is 0 Å². The number of nitrogens with two attached hydrogens (primary N) is 1. The van der Waals surface area contributed by atoms with E-state index in [9.17, 15) is 19.2 Å². The van der Waals surface area contributed by atoms with Crippen LogP contribution in [0.4, 0.5) is 9.59 Å². The molecule has 0 fully saturated rings. The number of hydrogen-bond acceptors (Lipinski definition) is 11. The molecule has 0 aliphatic carbocycles. The van der Waals surface area contributed by atoms with Gasteiger partial charge in [-0.1, -0.05) is 47.6 Å². The van der Waals surface area contributed by atoms with Crippen LogP contribution < -0.4 is 15.2 Å². The van der Waals surface area contributed by atoms with E-state index in [1.54, 1.807) is 19.9 Å². The van der Waals surface area contributed by atoms with Crippen LogP contribution in [0.2, 0.25) is 0 Å². The van der Waals surface area contributed by atoms with Gasteiger partial charge in [0.25, 0.3) is 0 Å². The van der Waals surface area contributed by atoms with Crippen LogP contribution >= 0.6 is 0 Å². The predicted octanol–water partition coefficient (Wildman–Crippen LogP) is 5.20. The molecule has 0 aliphatic heterocycles. The van der Waals surface area contributed by atoms with Gasteiger partial charge in [0.15, 0.2) is 11.5 Å². The summed E-state index contributed by atoms with van der Waals surface area (Å²) < 4.78 is 31.2. The molecule has 1 aromatic carbocycles. The highest BCUT2D eigenvalue weighted by Crippen LogP contribution is 2.30. The van der Waals surface area contributed by atoms with Gasteiger partial charge < -0.3 is 34.2 Å². The number of carbonyl (C=O) groups excluding carboxylic acids is 4. The van der Waals surface area contributed by atoms with E-state index in [0.29, 0.717) is 36.7 Å². The van der Waals surface area contributed by atoms with Crippen LogP contribution in [0.3, 0.4) is 0 Å². The van der Waals surface area contributed by atoms with Crippen molar-refractivity contribution in [2.24, 2.45) is 23.5 Å². The molecule has 11 nitrogen and oxygen atoms in total. The van der Waals surface area contributed by atoms with E-state index >= 15 is 0 Å². The first-order valence-corrected chi connectivity index (χ1v) is 13.8. The molecule has 40 heavy (non-hydrogen) atoms. The van der Waals surface area contributed by atoms with Crippen molar-refractivity contribution in [1.29, 1.82) is 0 Å². The summed E-state index contributed by atoms with van der Waals surface area (Å²) in [5, 5.41) is 0. The molecule has 1 unspecified atom stereocenters. The fourth-order valence-electron chi connectivity index (χ4n) is 3.00. The van der Waals surface area contributed by atoms with Crippen LogP contribution in [0.1, 0.15) is 73.3 Å². The third-order valence-electron chi connectivity index (χ3n) is 5.78. The SMILES string of the molecule is CCC(C)C(=O)O[C@@H](C)COC(=O)[C@@H](N)Cc1ccc(OC(=O)OCCC(C)C)c(OC(=O)OCCC(C)C)c1. The van der Waals surface area contributed by atoms with E-state index in [-0.39, 0.29) is 49.6 Å². The molecule has 0 spiro atoms. The molecule has 0 aromatic heterocycles. The average Bonchev–Trinajstić information content (AvgIpc) is 2.87. The van der Waals surface area contributed by atoms with Gasteiger partial charge in [-0.25, -0.2) is 9.59 Å². The summed E-state index contributed by atoms with van der Waals surface area (Å²) in [6.07, 6.45) is -0.579. The normalized spacial score (nSPS) is 13.2. The molecule has 0 radical (unpaired) electrons. The fourth-order valence-corrected chi connectivity index (χ4v) is 3.00. The number of ether oxygens (including phenoxy) is 6. The molecule has 2 N–H and O–H groups in total. The molecule has 0 amide bonds. The summed E-state index contributed by atoms with van der Waals surface area (Å²) in [5.74, 6) is -0.811. The third kappa shape index (κ3) is 14.2. The van der Waals surface area contributed by atoms with Crippen molar-refractivity contribution in [2.75, 3.05) is 19.8 Å². The summed E-state index contributed by atoms with van der Waals surface area (Å²) >= 11 is 0. The molecule has 0 heterocycles. The van der Waals surface area contributed by atoms with Crippen molar-refractivity contribution in [3.63, 3.8) is 0 Å². The van der Waals surface area contributed by atoms with E-state index in [2.05, 4.69) is 0 Å². The topological polar surface area (TPSA) is 150 Å². The third-order valence-corrected chi connectivity index (χ3v) is 5.78. The molecular weight excluding hydrogens is 522 g/mol. The van der Waals surface area contributed by atoms with Crippen LogP contribution in [0.5, 0.6) is 11.5 Å².